The Bertz CT molecular complexity index is 473. The van der Waals surface area contributed by atoms with Crippen LogP contribution in [0.15, 0.2) is 12.7 Å². The van der Waals surface area contributed by atoms with Crippen LogP contribution in [0.1, 0.15) is 24.1 Å². The van der Waals surface area contributed by atoms with E-state index in [9.17, 15) is 0 Å². The number of hydrogen-bond donors (Lipinski definition) is 1. The molecule has 1 saturated heterocycles. The lowest BCUT2D eigenvalue weighted by atomic mass is 9.99. The van der Waals surface area contributed by atoms with E-state index in [-0.39, 0.29) is 0 Å². The third-order valence-electron chi connectivity index (χ3n) is 3.78. The van der Waals surface area contributed by atoms with Crippen LogP contribution in [0.4, 0.5) is 11.8 Å². The van der Waals surface area contributed by atoms with Gasteiger partial charge >= 0.3 is 0 Å². The fraction of sp³-hybridized carbons (Fsp3) is 0.600. The number of piperidine rings is 1. The Balaban J connectivity index is 2.28. The number of aromatic nitrogens is 2. The average Bonchev–Trinajstić information content (AvgIpc) is 2.42. The lowest BCUT2D eigenvalue weighted by Gasteiger charge is -2.34. The zero-order valence-corrected chi connectivity index (χ0v) is 13.2. The van der Waals surface area contributed by atoms with Crippen molar-refractivity contribution in [3.8, 4) is 0 Å². The highest BCUT2D eigenvalue weighted by molar-refractivity contribution is 7.98. The summed E-state index contributed by atoms with van der Waals surface area (Å²) in [6, 6.07) is 0. The monoisotopic (exact) mass is 292 g/mol. The lowest BCUT2D eigenvalue weighted by Crippen LogP contribution is -2.37. The molecule has 0 bridgehead atoms. The molecule has 0 aromatic carbocycles. The van der Waals surface area contributed by atoms with E-state index in [0.717, 1.165) is 36.9 Å². The van der Waals surface area contributed by atoms with Crippen LogP contribution < -0.4 is 10.6 Å². The van der Waals surface area contributed by atoms with Crippen molar-refractivity contribution in [1.82, 2.24) is 9.97 Å². The maximum absolute atomic E-state index is 5.85. The second kappa shape index (κ2) is 6.97. The molecule has 1 aliphatic rings. The van der Waals surface area contributed by atoms with Gasteiger partial charge in [0.25, 0.3) is 0 Å². The quantitative estimate of drug-likeness (QED) is 0.846. The van der Waals surface area contributed by atoms with Gasteiger partial charge in [-0.2, -0.15) is 16.7 Å². The summed E-state index contributed by atoms with van der Waals surface area (Å²) in [5, 5.41) is 0. The van der Waals surface area contributed by atoms with E-state index in [1.807, 2.05) is 24.8 Å². The zero-order chi connectivity index (χ0) is 14.5. The summed E-state index contributed by atoms with van der Waals surface area (Å²) in [7, 11) is 0. The topological polar surface area (TPSA) is 55.0 Å². The van der Waals surface area contributed by atoms with Gasteiger partial charge in [-0.05, 0) is 44.1 Å². The number of thioether (sulfide) groups is 1. The highest BCUT2D eigenvalue weighted by atomic mass is 32.2. The van der Waals surface area contributed by atoms with Crippen molar-refractivity contribution in [2.75, 3.05) is 35.7 Å². The Morgan fingerprint density at radius 3 is 3.00 bits per heavy atom. The number of nitrogen functional groups attached to an aromatic ring is 1. The van der Waals surface area contributed by atoms with Crippen molar-refractivity contribution in [2.24, 2.45) is 5.92 Å². The Hall–Kier alpha value is -1.23. The second-order valence-electron chi connectivity index (χ2n) is 5.37. The number of hydrogen-bond acceptors (Lipinski definition) is 5. The molecule has 2 N–H and O–H groups in total. The third-order valence-corrected chi connectivity index (χ3v) is 4.58. The maximum atomic E-state index is 5.85. The van der Waals surface area contributed by atoms with Gasteiger partial charge in [-0.3, -0.25) is 0 Å². The van der Waals surface area contributed by atoms with Gasteiger partial charge in [0.2, 0.25) is 5.95 Å². The Morgan fingerprint density at radius 1 is 1.50 bits per heavy atom. The number of rotatable bonds is 5. The van der Waals surface area contributed by atoms with Gasteiger partial charge < -0.3 is 10.6 Å². The highest BCUT2D eigenvalue weighted by Crippen LogP contribution is 2.28. The van der Waals surface area contributed by atoms with Crippen molar-refractivity contribution < 1.29 is 0 Å². The molecule has 1 aromatic rings. The molecule has 0 aliphatic carbocycles. The van der Waals surface area contributed by atoms with E-state index in [1.54, 1.807) is 0 Å². The molecule has 0 amide bonds. The summed E-state index contributed by atoms with van der Waals surface area (Å²) in [6.07, 6.45) is 7.42. The van der Waals surface area contributed by atoms with Crippen molar-refractivity contribution >= 4 is 23.5 Å². The van der Waals surface area contributed by atoms with Gasteiger partial charge in [-0.25, -0.2) is 4.98 Å². The number of nitrogens with two attached hydrogens (primary N) is 1. The molecule has 0 spiro atoms. The average molecular weight is 292 g/mol. The molecule has 1 fully saturated rings. The first kappa shape index (κ1) is 15.2. The fourth-order valence-electron chi connectivity index (χ4n) is 2.88. The minimum atomic E-state index is 0.373. The molecule has 1 atom stereocenters. The number of aryl methyl sites for hydroxylation is 1. The number of anilines is 2. The van der Waals surface area contributed by atoms with Crippen LogP contribution in [-0.2, 0) is 6.42 Å². The predicted molar refractivity (Wildman–Crippen MR) is 88.4 cm³/mol. The van der Waals surface area contributed by atoms with Gasteiger partial charge in [0, 0.05) is 24.3 Å². The van der Waals surface area contributed by atoms with Crippen molar-refractivity contribution in [3.05, 3.63) is 23.9 Å². The molecule has 1 unspecified atom stereocenters. The summed E-state index contributed by atoms with van der Waals surface area (Å²) in [5.41, 5.74) is 7.98. The van der Waals surface area contributed by atoms with E-state index in [2.05, 4.69) is 27.7 Å². The van der Waals surface area contributed by atoms with Crippen LogP contribution >= 0.6 is 11.8 Å². The van der Waals surface area contributed by atoms with Gasteiger partial charge in [-0.15, -0.1) is 6.58 Å². The Morgan fingerprint density at radius 2 is 2.30 bits per heavy atom. The van der Waals surface area contributed by atoms with Crippen LogP contribution in [0.5, 0.6) is 0 Å². The summed E-state index contributed by atoms with van der Waals surface area (Å²) >= 11 is 1.93. The Labute approximate surface area is 125 Å². The van der Waals surface area contributed by atoms with Crippen LogP contribution in [0.25, 0.3) is 0 Å². The lowest BCUT2D eigenvalue weighted by molar-refractivity contribution is 0.450. The van der Waals surface area contributed by atoms with Crippen molar-refractivity contribution in [3.63, 3.8) is 0 Å². The first-order chi connectivity index (χ1) is 9.65. The van der Waals surface area contributed by atoms with Crippen LogP contribution in [0, 0.1) is 12.8 Å². The van der Waals surface area contributed by atoms with Gasteiger partial charge in [-0.1, -0.05) is 6.08 Å². The molecule has 2 heterocycles. The number of nitrogens with zero attached hydrogens (tertiary/aromatic N) is 3. The SMILES string of the molecule is C=CCc1c(C)nc(N)nc1N1CCCC(CSC)C1. The molecule has 0 radical (unpaired) electrons. The Kier molecular flexibility index (Phi) is 5.29. The smallest absolute Gasteiger partial charge is 0.222 e. The second-order valence-corrected chi connectivity index (χ2v) is 6.28. The minimum Gasteiger partial charge on any atom is -0.368 e. The molecule has 5 heteroatoms. The molecule has 20 heavy (non-hydrogen) atoms. The van der Waals surface area contributed by atoms with Crippen molar-refractivity contribution in [1.29, 1.82) is 0 Å². The summed E-state index contributed by atoms with van der Waals surface area (Å²) in [5.74, 6) is 3.34. The number of allylic oxidation sites excluding steroid dienone is 1. The van der Waals surface area contributed by atoms with Crippen molar-refractivity contribution in [2.45, 2.75) is 26.2 Å². The minimum absolute atomic E-state index is 0.373. The van der Waals surface area contributed by atoms with E-state index >= 15 is 0 Å². The normalized spacial score (nSPS) is 19.1. The van der Waals surface area contributed by atoms with E-state index in [0.29, 0.717) is 5.95 Å². The van der Waals surface area contributed by atoms with Crippen LogP contribution in [0.3, 0.4) is 0 Å². The molecule has 2 rings (SSSR count). The van der Waals surface area contributed by atoms with Crippen LogP contribution in [0.2, 0.25) is 0 Å². The van der Waals surface area contributed by atoms with E-state index in [1.165, 1.54) is 24.2 Å². The summed E-state index contributed by atoms with van der Waals surface area (Å²) in [6.45, 7) is 7.98. The van der Waals surface area contributed by atoms with Gasteiger partial charge in [0.15, 0.2) is 0 Å². The standard InChI is InChI=1S/C15H24N4S/c1-4-6-13-11(2)17-15(16)18-14(13)19-8-5-7-12(9-19)10-20-3/h4,12H,1,5-10H2,2-3H3,(H2,16,17,18). The van der Waals surface area contributed by atoms with Crippen LogP contribution in [-0.4, -0.2) is 35.1 Å². The maximum Gasteiger partial charge on any atom is 0.222 e. The molecular formula is C15H24N4S. The van der Waals surface area contributed by atoms with Gasteiger partial charge in [0.1, 0.15) is 5.82 Å². The molecule has 1 aromatic heterocycles. The first-order valence-electron chi connectivity index (χ1n) is 7.13. The molecule has 4 nitrogen and oxygen atoms in total. The third kappa shape index (κ3) is 3.45. The first-order valence-corrected chi connectivity index (χ1v) is 8.52. The summed E-state index contributed by atoms with van der Waals surface area (Å²) < 4.78 is 0. The zero-order valence-electron chi connectivity index (χ0n) is 12.4. The molecular weight excluding hydrogens is 268 g/mol. The van der Waals surface area contributed by atoms with E-state index in [4.69, 9.17) is 5.73 Å². The summed E-state index contributed by atoms with van der Waals surface area (Å²) in [4.78, 5) is 11.2. The fourth-order valence-corrected chi connectivity index (χ4v) is 3.62. The molecule has 0 saturated carbocycles. The predicted octanol–water partition coefficient (Wildman–Crippen LogP) is 2.68. The largest absolute Gasteiger partial charge is 0.368 e. The molecule has 1 aliphatic heterocycles. The highest BCUT2D eigenvalue weighted by Gasteiger charge is 2.23. The molecule has 110 valence electrons. The van der Waals surface area contributed by atoms with E-state index < -0.39 is 0 Å². The van der Waals surface area contributed by atoms with Gasteiger partial charge in [0.05, 0.1) is 0 Å².